The van der Waals surface area contributed by atoms with Crippen molar-refractivity contribution in [3.05, 3.63) is 29.0 Å². The molecule has 0 saturated carbocycles. The molecule has 13 heavy (non-hydrogen) atoms. The molecule has 4 heteroatoms. The Labute approximate surface area is 86.2 Å². The number of rotatable bonds is 4. The average Bonchev–Trinajstić information content (AvgIpc) is 2.12. The van der Waals surface area contributed by atoms with Crippen LogP contribution in [0, 0.1) is 5.82 Å². The summed E-state index contributed by atoms with van der Waals surface area (Å²) in [5.74, 6) is 0.976. The van der Waals surface area contributed by atoms with Gasteiger partial charge in [-0.2, -0.15) is 11.8 Å². The number of hydrogen-bond donors (Lipinski definition) is 0. The van der Waals surface area contributed by atoms with Crippen LogP contribution in [0.15, 0.2) is 18.2 Å². The molecule has 0 N–H and O–H groups in total. The molecule has 0 saturated heterocycles. The van der Waals surface area contributed by atoms with E-state index in [1.54, 1.807) is 17.8 Å². The highest BCUT2D eigenvalue weighted by atomic mass is 35.5. The number of benzene rings is 1. The second-order valence-corrected chi connectivity index (χ2v) is 3.81. The lowest BCUT2D eigenvalue weighted by Gasteiger charge is -2.04. The Bertz CT molecular complexity index is 280. The van der Waals surface area contributed by atoms with E-state index < -0.39 is 5.82 Å². The van der Waals surface area contributed by atoms with Crippen LogP contribution in [-0.4, -0.2) is 18.6 Å². The zero-order valence-electron chi connectivity index (χ0n) is 7.22. The SMILES string of the molecule is CSCCOc1ccc(Cl)c(F)c1. The van der Waals surface area contributed by atoms with Crippen molar-refractivity contribution in [1.82, 2.24) is 0 Å². The van der Waals surface area contributed by atoms with E-state index in [9.17, 15) is 4.39 Å². The fourth-order valence-electron chi connectivity index (χ4n) is 0.809. The Morgan fingerprint density at radius 2 is 2.31 bits per heavy atom. The standard InChI is InChI=1S/C9H10ClFOS/c1-13-5-4-12-7-2-3-8(10)9(11)6-7/h2-3,6H,4-5H2,1H3. The summed E-state index contributed by atoms with van der Waals surface area (Å²) in [4.78, 5) is 0. The van der Waals surface area contributed by atoms with Crippen LogP contribution in [0.2, 0.25) is 5.02 Å². The molecular weight excluding hydrogens is 211 g/mol. The highest BCUT2D eigenvalue weighted by Gasteiger charge is 2.00. The molecule has 0 bridgehead atoms. The molecule has 0 aliphatic carbocycles. The van der Waals surface area contributed by atoms with Crippen molar-refractivity contribution >= 4 is 23.4 Å². The van der Waals surface area contributed by atoms with Crippen LogP contribution in [0.4, 0.5) is 4.39 Å². The predicted octanol–water partition coefficient (Wildman–Crippen LogP) is 3.22. The minimum atomic E-state index is -0.441. The lowest BCUT2D eigenvalue weighted by molar-refractivity contribution is 0.342. The van der Waals surface area contributed by atoms with Crippen molar-refractivity contribution in [2.24, 2.45) is 0 Å². The average molecular weight is 221 g/mol. The van der Waals surface area contributed by atoms with E-state index in [4.69, 9.17) is 16.3 Å². The van der Waals surface area contributed by atoms with Gasteiger partial charge in [0.2, 0.25) is 0 Å². The van der Waals surface area contributed by atoms with Gasteiger partial charge < -0.3 is 4.74 Å². The molecule has 0 radical (unpaired) electrons. The second kappa shape index (κ2) is 5.35. The third kappa shape index (κ3) is 3.44. The monoisotopic (exact) mass is 220 g/mol. The first-order chi connectivity index (χ1) is 6.24. The van der Waals surface area contributed by atoms with Gasteiger partial charge in [0.25, 0.3) is 0 Å². The maximum Gasteiger partial charge on any atom is 0.145 e. The molecule has 0 aromatic heterocycles. The first-order valence-electron chi connectivity index (χ1n) is 3.81. The molecule has 1 aromatic rings. The van der Waals surface area contributed by atoms with Crippen molar-refractivity contribution in [3.8, 4) is 5.75 Å². The number of hydrogen-bond acceptors (Lipinski definition) is 2. The van der Waals surface area contributed by atoms with E-state index in [-0.39, 0.29) is 5.02 Å². The minimum absolute atomic E-state index is 0.122. The van der Waals surface area contributed by atoms with E-state index in [0.717, 1.165) is 5.75 Å². The third-order valence-corrected chi connectivity index (χ3v) is 2.33. The molecule has 0 aliphatic rings. The Hall–Kier alpha value is -0.410. The number of halogens is 2. The van der Waals surface area contributed by atoms with Crippen molar-refractivity contribution < 1.29 is 9.13 Å². The molecule has 0 fully saturated rings. The minimum Gasteiger partial charge on any atom is -0.493 e. The first-order valence-corrected chi connectivity index (χ1v) is 5.58. The van der Waals surface area contributed by atoms with E-state index in [1.165, 1.54) is 12.1 Å². The van der Waals surface area contributed by atoms with Gasteiger partial charge in [-0.3, -0.25) is 0 Å². The molecule has 0 amide bonds. The Kier molecular flexibility index (Phi) is 4.39. The smallest absolute Gasteiger partial charge is 0.145 e. The fourth-order valence-corrected chi connectivity index (χ4v) is 1.18. The van der Waals surface area contributed by atoms with Gasteiger partial charge in [0.1, 0.15) is 11.6 Å². The van der Waals surface area contributed by atoms with Gasteiger partial charge in [-0.25, -0.2) is 4.39 Å². The maximum absolute atomic E-state index is 12.9. The van der Waals surface area contributed by atoms with Crippen LogP contribution in [0.1, 0.15) is 0 Å². The summed E-state index contributed by atoms with van der Waals surface area (Å²) in [5.41, 5.74) is 0. The van der Waals surface area contributed by atoms with Crippen LogP contribution in [0.5, 0.6) is 5.75 Å². The summed E-state index contributed by atoms with van der Waals surface area (Å²) in [7, 11) is 0. The molecule has 1 rings (SSSR count). The summed E-state index contributed by atoms with van der Waals surface area (Å²) < 4.78 is 18.1. The van der Waals surface area contributed by atoms with Gasteiger partial charge in [0, 0.05) is 11.8 Å². The molecule has 1 nitrogen and oxygen atoms in total. The summed E-state index contributed by atoms with van der Waals surface area (Å²) >= 11 is 7.19. The Balaban J connectivity index is 2.53. The lowest BCUT2D eigenvalue weighted by atomic mass is 10.3. The topological polar surface area (TPSA) is 9.23 Å². The van der Waals surface area contributed by atoms with E-state index in [1.807, 2.05) is 6.26 Å². The van der Waals surface area contributed by atoms with E-state index in [2.05, 4.69) is 0 Å². The summed E-state index contributed by atoms with van der Waals surface area (Å²) in [5, 5.41) is 0.122. The molecular formula is C9H10ClFOS. The van der Waals surface area contributed by atoms with Crippen molar-refractivity contribution in [1.29, 1.82) is 0 Å². The van der Waals surface area contributed by atoms with Crippen LogP contribution >= 0.6 is 23.4 Å². The molecule has 0 spiro atoms. The molecule has 1 aromatic carbocycles. The molecule has 72 valence electrons. The van der Waals surface area contributed by atoms with Gasteiger partial charge in [-0.1, -0.05) is 11.6 Å². The van der Waals surface area contributed by atoms with Crippen molar-refractivity contribution in [2.45, 2.75) is 0 Å². The van der Waals surface area contributed by atoms with Gasteiger partial charge in [0.05, 0.1) is 11.6 Å². The fraction of sp³-hybridized carbons (Fsp3) is 0.333. The highest BCUT2D eigenvalue weighted by Crippen LogP contribution is 2.20. The van der Waals surface area contributed by atoms with Gasteiger partial charge >= 0.3 is 0 Å². The quantitative estimate of drug-likeness (QED) is 0.721. The zero-order chi connectivity index (χ0) is 9.68. The third-order valence-electron chi connectivity index (χ3n) is 1.45. The second-order valence-electron chi connectivity index (χ2n) is 2.42. The van der Waals surface area contributed by atoms with Crippen LogP contribution in [-0.2, 0) is 0 Å². The van der Waals surface area contributed by atoms with Crippen molar-refractivity contribution in [3.63, 3.8) is 0 Å². The largest absolute Gasteiger partial charge is 0.493 e. The maximum atomic E-state index is 12.9. The normalized spacial score (nSPS) is 10.1. The van der Waals surface area contributed by atoms with E-state index in [0.29, 0.717) is 12.4 Å². The molecule has 0 unspecified atom stereocenters. The first kappa shape index (κ1) is 10.7. The Morgan fingerprint density at radius 1 is 1.54 bits per heavy atom. The summed E-state index contributed by atoms with van der Waals surface area (Å²) in [6.45, 7) is 0.586. The molecule has 0 atom stereocenters. The zero-order valence-corrected chi connectivity index (χ0v) is 8.79. The van der Waals surface area contributed by atoms with Crippen LogP contribution < -0.4 is 4.74 Å². The van der Waals surface area contributed by atoms with Gasteiger partial charge in [-0.15, -0.1) is 0 Å². The number of thioether (sulfide) groups is 1. The highest BCUT2D eigenvalue weighted by molar-refractivity contribution is 7.98. The molecule has 0 heterocycles. The predicted molar refractivity (Wildman–Crippen MR) is 55.3 cm³/mol. The molecule has 0 aliphatic heterocycles. The van der Waals surface area contributed by atoms with Crippen LogP contribution in [0.25, 0.3) is 0 Å². The van der Waals surface area contributed by atoms with Crippen LogP contribution in [0.3, 0.4) is 0 Å². The van der Waals surface area contributed by atoms with Gasteiger partial charge in [-0.05, 0) is 18.4 Å². The Morgan fingerprint density at radius 3 is 2.92 bits per heavy atom. The number of ether oxygens (including phenoxy) is 1. The van der Waals surface area contributed by atoms with E-state index >= 15 is 0 Å². The van der Waals surface area contributed by atoms with Crippen molar-refractivity contribution in [2.75, 3.05) is 18.6 Å². The summed E-state index contributed by atoms with van der Waals surface area (Å²) in [6, 6.07) is 4.44. The van der Waals surface area contributed by atoms with Gasteiger partial charge in [0.15, 0.2) is 0 Å². The summed E-state index contributed by atoms with van der Waals surface area (Å²) in [6.07, 6.45) is 1.99. The lowest BCUT2D eigenvalue weighted by Crippen LogP contribution is -1.99.